The Hall–Kier alpha value is -1.78. The van der Waals surface area contributed by atoms with Crippen molar-refractivity contribution >= 4 is 17.3 Å². The molecule has 0 aromatic heterocycles. The van der Waals surface area contributed by atoms with Crippen molar-refractivity contribution in [1.82, 2.24) is 5.32 Å². The van der Waals surface area contributed by atoms with E-state index in [-0.39, 0.29) is 11.7 Å². The summed E-state index contributed by atoms with van der Waals surface area (Å²) in [4.78, 5) is 13.7. The molecule has 0 unspecified atom stereocenters. The molecular formula is C12H16FN3O. The van der Waals surface area contributed by atoms with Gasteiger partial charge >= 0.3 is 0 Å². The molecule has 1 saturated heterocycles. The number of nitrogens with one attached hydrogen (secondary N) is 1. The van der Waals surface area contributed by atoms with E-state index in [1.807, 2.05) is 18.7 Å². The summed E-state index contributed by atoms with van der Waals surface area (Å²) in [6.45, 7) is 4.88. The fourth-order valence-electron chi connectivity index (χ4n) is 2.09. The molecule has 1 aliphatic rings. The van der Waals surface area contributed by atoms with Crippen LogP contribution in [-0.2, 0) is 4.79 Å². The number of nitrogen functional groups attached to an aromatic ring is 1. The van der Waals surface area contributed by atoms with E-state index in [2.05, 4.69) is 5.32 Å². The average Bonchev–Trinajstić information content (AvgIpc) is 2.23. The number of carbonyl (C=O) groups excluding carboxylic acids is 1. The van der Waals surface area contributed by atoms with E-state index in [1.54, 1.807) is 6.07 Å². The summed E-state index contributed by atoms with van der Waals surface area (Å²) >= 11 is 0. The number of anilines is 2. The van der Waals surface area contributed by atoms with Gasteiger partial charge in [0.1, 0.15) is 11.4 Å². The number of piperazine rings is 1. The number of carbonyl (C=O) groups is 1. The van der Waals surface area contributed by atoms with Crippen molar-refractivity contribution in [2.24, 2.45) is 0 Å². The topological polar surface area (TPSA) is 58.4 Å². The van der Waals surface area contributed by atoms with E-state index in [0.717, 1.165) is 0 Å². The molecule has 17 heavy (non-hydrogen) atoms. The summed E-state index contributed by atoms with van der Waals surface area (Å²) in [7, 11) is 0. The fraction of sp³-hybridized carbons (Fsp3) is 0.417. The van der Waals surface area contributed by atoms with Gasteiger partial charge in [0.15, 0.2) is 0 Å². The highest BCUT2D eigenvalue weighted by Gasteiger charge is 2.38. The standard InChI is InChI=1S/C12H16FN3O/c1-12(2)11(17)15-5-6-16(12)10-4-3-8(13)7-9(10)14/h3-4,7H,5-6,14H2,1-2H3,(H,15,17). The maximum absolute atomic E-state index is 13.0. The van der Waals surface area contributed by atoms with Gasteiger partial charge in [0.25, 0.3) is 0 Å². The zero-order valence-electron chi connectivity index (χ0n) is 9.96. The molecule has 1 amide bonds. The fourth-order valence-corrected chi connectivity index (χ4v) is 2.09. The Morgan fingerprint density at radius 2 is 2.18 bits per heavy atom. The lowest BCUT2D eigenvalue weighted by Gasteiger charge is -2.43. The predicted molar refractivity (Wildman–Crippen MR) is 65.2 cm³/mol. The van der Waals surface area contributed by atoms with Crippen LogP contribution in [-0.4, -0.2) is 24.5 Å². The van der Waals surface area contributed by atoms with Crippen LogP contribution < -0.4 is 16.0 Å². The molecular weight excluding hydrogens is 221 g/mol. The molecule has 0 bridgehead atoms. The first-order valence-electron chi connectivity index (χ1n) is 5.54. The average molecular weight is 237 g/mol. The van der Waals surface area contributed by atoms with Gasteiger partial charge in [-0.2, -0.15) is 0 Å². The Labute approximate surface area is 99.6 Å². The van der Waals surface area contributed by atoms with Crippen LogP contribution in [0.25, 0.3) is 0 Å². The number of rotatable bonds is 1. The summed E-state index contributed by atoms with van der Waals surface area (Å²) < 4.78 is 13.0. The molecule has 1 aliphatic heterocycles. The number of amides is 1. The number of nitrogens with zero attached hydrogens (tertiary/aromatic N) is 1. The van der Waals surface area contributed by atoms with Crippen LogP contribution in [0.4, 0.5) is 15.8 Å². The van der Waals surface area contributed by atoms with Crippen molar-refractivity contribution in [3.63, 3.8) is 0 Å². The second-order valence-corrected chi connectivity index (χ2v) is 4.67. The number of hydrogen-bond donors (Lipinski definition) is 2. The third kappa shape index (κ3) is 1.92. The Morgan fingerprint density at radius 3 is 2.82 bits per heavy atom. The lowest BCUT2D eigenvalue weighted by Crippen LogP contribution is -2.62. The molecule has 92 valence electrons. The highest BCUT2D eigenvalue weighted by atomic mass is 19.1. The van der Waals surface area contributed by atoms with E-state index in [9.17, 15) is 9.18 Å². The molecule has 1 heterocycles. The second kappa shape index (κ2) is 3.91. The van der Waals surface area contributed by atoms with Crippen LogP contribution in [0.2, 0.25) is 0 Å². The van der Waals surface area contributed by atoms with Gasteiger partial charge in [-0.15, -0.1) is 0 Å². The monoisotopic (exact) mass is 237 g/mol. The van der Waals surface area contributed by atoms with Gasteiger partial charge in [0.05, 0.1) is 11.4 Å². The van der Waals surface area contributed by atoms with Crippen molar-refractivity contribution in [2.75, 3.05) is 23.7 Å². The SMILES string of the molecule is CC1(C)C(=O)NCCN1c1ccc(F)cc1N. The van der Waals surface area contributed by atoms with E-state index < -0.39 is 5.54 Å². The molecule has 5 heteroatoms. The molecule has 4 nitrogen and oxygen atoms in total. The van der Waals surface area contributed by atoms with Crippen LogP contribution in [0.1, 0.15) is 13.8 Å². The lowest BCUT2D eigenvalue weighted by molar-refractivity contribution is -0.126. The first-order chi connectivity index (χ1) is 7.93. The van der Waals surface area contributed by atoms with Crippen LogP contribution in [0, 0.1) is 5.82 Å². The molecule has 1 fully saturated rings. The van der Waals surface area contributed by atoms with Gasteiger partial charge in [-0.3, -0.25) is 4.79 Å². The molecule has 0 saturated carbocycles. The van der Waals surface area contributed by atoms with E-state index >= 15 is 0 Å². The third-order valence-corrected chi connectivity index (χ3v) is 3.13. The van der Waals surface area contributed by atoms with Crippen molar-refractivity contribution in [1.29, 1.82) is 0 Å². The zero-order chi connectivity index (χ0) is 12.6. The maximum atomic E-state index is 13.0. The normalized spacial score (nSPS) is 19.0. The molecule has 0 radical (unpaired) electrons. The van der Waals surface area contributed by atoms with Gasteiger partial charge in [-0.25, -0.2) is 4.39 Å². The summed E-state index contributed by atoms with van der Waals surface area (Å²) in [6, 6.07) is 4.25. The highest BCUT2D eigenvalue weighted by molar-refractivity contribution is 5.91. The molecule has 0 spiro atoms. The Morgan fingerprint density at radius 1 is 1.47 bits per heavy atom. The number of hydrogen-bond acceptors (Lipinski definition) is 3. The largest absolute Gasteiger partial charge is 0.397 e. The summed E-state index contributed by atoms with van der Waals surface area (Å²) in [6.07, 6.45) is 0. The van der Waals surface area contributed by atoms with Crippen molar-refractivity contribution in [2.45, 2.75) is 19.4 Å². The molecule has 0 aliphatic carbocycles. The minimum Gasteiger partial charge on any atom is -0.397 e. The Kier molecular flexibility index (Phi) is 2.69. The zero-order valence-corrected chi connectivity index (χ0v) is 9.96. The van der Waals surface area contributed by atoms with Crippen LogP contribution >= 0.6 is 0 Å². The van der Waals surface area contributed by atoms with Gasteiger partial charge in [-0.1, -0.05) is 0 Å². The maximum Gasteiger partial charge on any atom is 0.245 e. The molecule has 0 atom stereocenters. The second-order valence-electron chi connectivity index (χ2n) is 4.67. The molecule has 1 aromatic carbocycles. The third-order valence-electron chi connectivity index (χ3n) is 3.13. The molecule has 3 N–H and O–H groups in total. The first-order valence-corrected chi connectivity index (χ1v) is 5.54. The van der Waals surface area contributed by atoms with Gasteiger partial charge in [-0.05, 0) is 32.0 Å². The van der Waals surface area contributed by atoms with Crippen molar-refractivity contribution in [3.8, 4) is 0 Å². The summed E-state index contributed by atoms with van der Waals surface area (Å²) in [5.41, 5.74) is 6.18. The van der Waals surface area contributed by atoms with E-state index in [4.69, 9.17) is 5.73 Å². The number of halogens is 1. The minimum atomic E-state index is -0.676. The van der Waals surface area contributed by atoms with Gasteiger partial charge < -0.3 is 16.0 Å². The van der Waals surface area contributed by atoms with Crippen LogP contribution in [0.3, 0.4) is 0 Å². The number of nitrogens with two attached hydrogens (primary N) is 1. The first kappa shape index (κ1) is 11.7. The summed E-state index contributed by atoms with van der Waals surface area (Å²) in [5, 5.41) is 2.81. The minimum absolute atomic E-state index is 0.0486. The summed E-state index contributed by atoms with van der Waals surface area (Å²) in [5.74, 6) is -0.419. The van der Waals surface area contributed by atoms with Crippen molar-refractivity contribution < 1.29 is 9.18 Å². The van der Waals surface area contributed by atoms with Crippen LogP contribution in [0.5, 0.6) is 0 Å². The predicted octanol–water partition coefficient (Wildman–Crippen LogP) is 1.12. The molecule has 2 rings (SSSR count). The van der Waals surface area contributed by atoms with Gasteiger partial charge in [0.2, 0.25) is 5.91 Å². The van der Waals surface area contributed by atoms with Crippen LogP contribution in [0.15, 0.2) is 18.2 Å². The lowest BCUT2D eigenvalue weighted by atomic mass is 9.97. The quantitative estimate of drug-likeness (QED) is 0.720. The van der Waals surface area contributed by atoms with E-state index in [1.165, 1.54) is 12.1 Å². The van der Waals surface area contributed by atoms with E-state index in [0.29, 0.717) is 24.5 Å². The Balaban J connectivity index is 2.41. The Bertz CT molecular complexity index is 459. The molecule has 1 aromatic rings. The smallest absolute Gasteiger partial charge is 0.245 e. The number of benzene rings is 1. The van der Waals surface area contributed by atoms with Gasteiger partial charge in [0, 0.05) is 13.1 Å². The highest BCUT2D eigenvalue weighted by Crippen LogP contribution is 2.31. The van der Waals surface area contributed by atoms with Crippen molar-refractivity contribution in [3.05, 3.63) is 24.0 Å².